The Labute approximate surface area is 144 Å². The van der Waals surface area contributed by atoms with Gasteiger partial charge in [-0.1, -0.05) is 48.0 Å². The minimum Gasteiger partial charge on any atom is -0.382 e. The summed E-state index contributed by atoms with van der Waals surface area (Å²) in [5.41, 5.74) is 2.51. The molecule has 1 heterocycles. The molecule has 0 aliphatic carbocycles. The number of benzene rings is 2. The maximum absolute atomic E-state index is 12.2. The molecule has 0 N–H and O–H groups in total. The molecule has 0 saturated carbocycles. The first-order chi connectivity index (χ1) is 11.5. The molecule has 1 fully saturated rings. The number of likely N-dealkylation sites (tertiary alicyclic amines) is 1. The molecular weight excluding hydrogens is 322 g/mol. The first-order valence-electron chi connectivity index (χ1n) is 8.31. The van der Waals surface area contributed by atoms with E-state index in [-0.39, 0.29) is 5.75 Å². The third kappa shape index (κ3) is 4.36. The molecule has 0 amide bonds. The smallest absolute Gasteiger partial charge is 0.310 e. The molecule has 1 aliphatic rings. The minimum atomic E-state index is -3.58. The van der Waals surface area contributed by atoms with Crippen LogP contribution < -0.4 is 4.18 Å². The summed E-state index contributed by atoms with van der Waals surface area (Å²) in [6.45, 7) is 3.51. The molecule has 1 aliphatic heterocycles. The molecule has 1 atom stereocenters. The van der Waals surface area contributed by atoms with Crippen LogP contribution in [0.4, 0.5) is 0 Å². The summed E-state index contributed by atoms with van der Waals surface area (Å²) in [7, 11) is -3.58. The second-order valence-corrected chi connectivity index (χ2v) is 7.96. The van der Waals surface area contributed by atoms with Crippen molar-refractivity contribution < 1.29 is 12.6 Å². The summed E-state index contributed by atoms with van der Waals surface area (Å²) in [4.78, 5) is 2.25. The Balaban J connectivity index is 1.63. The van der Waals surface area contributed by atoms with Gasteiger partial charge in [-0.2, -0.15) is 8.42 Å². The zero-order valence-corrected chi connectivity index (χ0v) is 14.7. The van der Waals surface area contributed by atoms with Gasteiger partial charge in [-0.15, -0.1) is 0 Å². The predicted octanol–water partition coefficient (Wildman–Crippen LogP) is 3.54. The number of hydrogen-bond acceptors (Lipinski definition) is 4. The summed E-state index contributed by atoms with van der Waals surface area (Å²) in [6.07, 6.45) is 2.17. The number of rotatable bonds is 6. The molecule has 0 aromatic heterocycles. The van der Waals surface area contributed by atoms with E-state index < -0.39 is 10.1 Å². The van der Waals surface area contributed by atoms with Crippen LogP contribution >= 0.6 is 0 Å². The van der Waals surface area contributed by atoms with Crippen LogP contribution in [0.2, 0.25) is 0 Å². The molecule has 128 valence electrons. The van der Waals surface area contributed by atoms with Crippen molar-refractivity contribution in [1.29, 1.82) is 0 Å². The van der Waals surface area contributed by atoms with Gasteiger partial charge < -0.3 is 4.18 Å². The molecule has 4 nitrogen and oxygen atoms in total. The van der Waals surface area contributed by atoms with Crippen molar-refractivity contribution in [2.24, 2.45) is 0 Å². The molecule has 5 heteroatoms. The summed E-state index contributed by atoms with van der Waals surface area (Å²) < 4.78 is 29.6. The van der Waals surface area contributed by atoms with E-state index in [4.69, 9.17) is 4.18 Å². The molecule has 1 saturated heterocycles. The maximum Gasteiger partial charge on any atom is 0.310 e. The molecule has 0 bridgehead atoms. The van der Waals surface area contributed by atoms with E-state index in [2.05, 4.69) is 36.1 Å². The largest absolute Gasteiger partial charge is 0.382 e. The second-order valence-electron chi connectivity index (χ2n) is 6.27. The van der Waals surface area contributed by atoms with Crippen LogP contribution in [-0.4, -0.2) is 32.2 Å². The highest BCUT2D eigenvalue weighted by Gasteiger charge is 2.27. The first kappa shape index (κ1) is 17.0. The fraction of sp³-hybridized carbons (Fsp3) is 0.368. The average Bonchev–Trinajstić information content (AvgIpc) is 3.02. The van der Waals surface area contributed by atoms with E-state index in [0.29, 0.717) is 18.3 Å². The van der Waals surface area contributed by atoms with Gasteiger partial charge in [-0.05, 0) is 44.0 Å². The van der Waals surface area contributed by atoms with E-state index in [1.165, 1.54) is 11.1 Å². The van der Waals surface area contributed by atoms with Gasteiger partial charge in [0.05, 0.1) is 5.75 Å². The lowest BCUT2D eigenvalue weighted by molar-refractivity contribution is 0.270. The Morgan fingerprint density at radius 1 is 1.12 bits per heavy atom. The van der Waals surface area contributed by atoms with E-state index in [1.54, 1.807) is 24.3 Å². The lowest BCUT2D eigenvalue weighted by Gasteiger charge is -2.24. The molecule has 24 heavy (non-hydrogen) atoms. The summed E-state index contributed by atoms with van der Waals surface area (Å²) >= 11 is 0. The molecule has 2 aromatic rings. The Bertz CT molecular complexity index is 774. The van der Waals surface area contributed by atoms with Crippen LogP contribution in [0.15, 0.2) is 54.6 Å². The van der Waals surface area contributed by atoms with E-state index in [9.17, 15) is 8.42 Å². The molecule has 2 aromatic carbocycles. The lowest BCUT2D eigenvalue weighted by Crippen LogP contribution is -2.30. The van der Waals surface area contributed by atoms with Gasteiger partial charge in [0.25, 0.3) is 0 Å². The van der Waals surface area contributed by atoms with Crippen molar-refractivity contribution in [3.63, 3.8) is 0 Å². The predicted molar refractivity (Wildman–Crippen MR) is 95.6 cm³/mol. The summed E-state index contributed by atoms with van der Waals surface area (Å²) in [5.74, 6) is 0.374. The fourth-order valence-corrected chi connectivity index (χ4v) is 4.19. The van der Waals surface area contributed by atoms with Gasteiger partial charge >= 0.3 is 10.1 Å². The number of para-hydroxylation sites is 1. The highest BCUT2D eigenvalue weighted by Crippen LogP contribution is 2.32. The number of aryl methyl sites for hydroxylation is 1. The van der Waals surface area contributed by atoms with E-state index in [0.717, 1.165) is 19.4 Å². The van der Waals surface area contributed by atoms with Crippen molar-refractivity contribution in [3.8, 4) is 5.75 Å². The van der Waals surface area contributed by atoms with E-state index in [1.807, 2.05) is 6.07 Å². The Morgan fingerprint density at radius 3 is 2.67 bits per heavy atom. The Morgan fingerprint density at radius 2 is 1.92 bits per heavy atom. The first-order valence-corrected chi connectivity index (χ1v) is 9.89. The highest BCUT2D eigenvalue weighted by atomic mass is 32.2. The van der Waals surface area contributed by atoms with Gasteiger partial charge in [0, 0.05) is 12.6 Å². The lowest BCUT2D eigenvalue weighted by atomic mass is 10.0. The van der Waals surface area contributed by atoms with Gasteiger partial charge in [-0.3, -0.25) is 4.90 Å². The number of nitrogens with zero attached hydrogens (tertiary/aromatic N) is 1. The highest BCUT2D eigenvalue weighted by molar-refractivity contribution is 7.87. The van der Waals surface area contributed by atoms with Crippen molar-refractivity contribution in [1.82, 2.24) is 4.90 Å². The topological polar surface area (TPSA) is 46.6 Å². The minimum absolute atomic E-state index is 0.00418. The van der Waals surface area contributed by atoms with Gasteiger partial charge in [-0.25, -0.2) is 0 Å². The van der Waals surface area contributed by atoms with Crippen LogP contribution in [0, 0.1) is 6.92 Å². The van der Waals surface area contributed by atoms with Crippen molar-refractivity contribution >= 4 is 10.1 Å². The van der Waals surface area contributed by atoms with Crippen LogP contribution in [0.5, 0.6) is 5.75 Å². The van der Waals surface area contributed by atoms with Crippen LogP contribution in [0.3, 0.4) is 0 Å². The monoisotopic (exact) mass is 345 g/mol. The van der Waals surface area contributed by atoms with Gasteiger partial charge in [0.15, 0.2) is 0 Å². The molecular formula is C19H23NO3S. The van der Waals surface area contributed by atoms with Crippen molar-refractivity contribution in [2.45, 2.75) is 25.8 Å². The van der Waals surface area contributed by atoms with E-state index >= 15 is 0 Å². The SMILES string of the molecule is Cc1cccc([C@@H]2CCCN2CCS(=O)(=O)Oc2ccccc2)c1. The Hall–Kier alpha value is -1.85. The van der Waals surface area contributed by atoms with Crippen LogP contribution in [-0.2, 0) is 10.1 Å². The zero-order chi connectivity index (χ0) is 17.0. The molecule has 3 rings (SSSR count). The maximum atomic E-state index is 12.2. The Kier molecular flexibility index (Phi) is 5.21. The molecule has 0 spiro atoms. The van der Waals surface area contributed by atoms with Crippen LogP contribution in [0.1, 0.15) is 30.0 Å². The zero-order valence-electron chi connectivity index (χ0n) is 13.9. The normalized spacial score (nSPS) is 18.6. The summed E-state index contributed by atoms with van der Waals surface area (Å²) in [5, 5.41) is 0. The number of hydrogen-bond donors (Lipinski definition) is 0. The average molecular weight is 345 g/mol. The van der Waals surface area contributed by atoms with Crippen molar-refractivity contribution in [3.05, 3.63) is 65.7 Å². The van der Waals surface area contributed by atoms with Gasteiger partial charge in [0.2, 0.25) is 0 Å². The second kappa shape index (κ2) is 7.36. The molecule has 0 radical (unpaired) electrons. The summed E-state index contributed by atoms with van der Waals surface area (Å²) in [6, 6.07) is 17.4. The fourth-order valence-electron chi connectivity index (χ4n) is 3.24. The third-order valence-corrected chi connectivity index (χ3v) is 5.51. The van der Waals surface area contributed by atoms with Gasteiger partial charge in [0.1, 0.15) is 5.75 Å². The standard InChI is InChI=1S/C19H23NO3S/c1-16-7-5-8-17(15-16)19-11-6-12-20(19)13-14-24(21,22)23-18-9-3-2-4-10-18/h2-5,7-10,15,19H,6,11-14H2,1H3/t19-/m0/s1. The molecule has 0 unspecified atom stereocenters. The third-order valence-electron chi connectivity index (χ3n) is 4.39. The van der Waals surface area contributed by atoms with Crippen LogP contribution in [0.25, 0.3) is 0 Å². The quantitative estimate of drug-likeness (QED) is 0.751. The van der Waals surface area contributed by atoms with Crippen molar-refractivity contribution in [2.75, 3.05) is 18.8 Å².